The van der Waals surface area contributed by atoms with Gasteiger partial charge < -0.3 is 4.90 Å². The van der Waals surface area contributed by atoms with E-state index in [1.807, 2.05) is 36.4 Å². The van der Waals surface area contributed by atoms with E-state index in [0.29, 0.717) is 12.2 Å². The highest BCUT2D eigenvalue weighted by Gasteiger charge is 2.44. The Morgan fingerprint density at radius 2 is 1.58 bits per heavy atom. The normalized spacial score (nSPS) is 16.9. The molecule has 0 N–H and O–H groups in total. The average molecular weight is 351 g/mol. The lowest BCUT2D eigenvalue weighted by molar-refractivity contribution is -0.136. The molecule has 0 aromatic heterocycles. The zero-order valence-corrected chi connectivity index (χ0v) is 14.8. The van der Waals surface area contributed by atoms with Crippen molar-refractivity contribution in [2.75, 3.05) is 18.5 Å². The van der Waals surface area contributed by atoms with Gasteiger partial charge in [0.2, 0.25) is 5.91 Å². The van der Waals surface area contributed by atoms with Crippen LogP contribution in [0.3, 0.4) is 0 Å². The minimum Gasteiger partial charge on any atom is -0.340 e. The lowest BCUT2D eigenvalue weighted by atomic mass is 10.2. The van der Waals surface area contributed by atoms with Gasteiger partial charge in [0.05, 0.1) is 0 Å². The summed E-state index contributed by atoms with van der Waals surface area (Å²) >= 11 is 0. The molecule has 0 radical (unpaired) electrons. The van der Waals surface area contributed by atoms with Gasteiger partial charge in [-0.25, -0.2) is 4.79 Å². The summed E-state index contributed by atoms with van der Waals surface area (Å²) in [7, 11) is 1.67. The van der Waals surface area contributed by atoms with Crippen LogP contribution in [-0.4, -0.2) is 47.3 Å². The van der Waals surface area contributed by atoms with Crippen LogP contribution in [0.2, 0.25) is 0 Å². The van der Waals surface area contributed by atoms with Gasteiger partial charge in [0.1, 0.15) is 12.6 Å². The maximum Gasteiger partial charge on any atom is 0.332 e. The van der Waals surface area contributed by atoms with Crippen LogP contribution in [0.25, 0.3) is 0 Å². The molecule has 1 fully saturated rings. The lowest BCUT2D eigenvalue weighted by Crippen LogP contribution is -2.42. The first-order valence-corrected chi connectivity index (χ1v) is 8.46. The Labute approximate surface area is 152 Å². The van der Waals surface area contributed by atoms with Gasteiger partial charge >= 0.3 is 6.03 Å². The van der Waals surface area contributed by atoms with Crippen molar-refractivity contribution < 1.29 is 14.4 Å². The number of carbonyl (C=O) groups excluding carboxylic acids is 3. The predicted octanol–water partition coefficient (Wildman–Crippen LogP) is 2.50. The number of imide groups is 1. The number of rotatable bonds is 5. The number of amides is 4. The Morgan fingerprint density at radius 3 is 2.19 bits per heavy atom. The van der Waals surface area contributed by atoms with Crippen LogP contribution in [-0.2, 0) is 16.1 Å². The first kappa shape index (κ1) is 17.7. The van der Waals surface area contributed by atoms with E-state index in [1.54, 1.807) is 38.2 Å². The Bertz CT molecular complexity index is 808. The van der Waals surface area contributed by atoms with Crippen molar-refractivity contribution in [2.45, 2.75) is 19.5 Å². The fraction of sp³-hybridized carbons (Fsp3) is 0.250. The van der Waals surface area contributed by atoms with Gasteiger partial charge in [-0.15, -0.1) is 0 Å². The summed E-state index contributed by atoms with van der Waals surface area (Å²) < 4.78 is 0. The van der Waals surface area contributed by atoms with Crippen LogP contribution >= 0.6 is 0 Å². The molecule has 4 amide bonds. The van der Waals surface area contributed by atoms with Crippen LogP contribution in [0.5, 0.6) is 0 Å². The molecule has 6 nitrogen and oxygen atoms in total. The summed E-state index contributed by atoms with van der Waals surface area (Å²) in [4.78, 5) is 41.7. The van der Waals surface area contributed by atoms with Crippen LogP contribution in [0, 0.1) is 0 Å². The number of urea groups is 1. The van der Waals surface area contributed by atoms with Gasteiger partial charge in [0.15, 0.2) is 0 Å². The predicted molar refractivity (Wildman–Crippen MR) is 98.4 cm³/mol. The van der Waals surface area contributed by atoms with Gasteiger partial charge in [0.25, 0.3) is 5.91 Å². The highest BCUT2D eigenvalue weighted by atomic mass is 16.2. The smallest absolute Gasteiger partial charge is 0.332 e. The van der Waals surface area contributed by atoms with Crippen molar-refractivity contribution >= 4 is 23.5 Å². The molecule has 0 unspecified atom stereocenters. The quantitative estimate of drug-likeness (QED) is 0.778. The molecule has 1 aliphatic heterocycles. The van der Waals surface area contributed by atoms with Crippen molar-refractivity contribution in [3.8, 4) is 0 Å². The van der Waals surface area contributed by atoms with Crippen molar-refractivity contribution in [3.05, 3.63) is 66.2 Å². The third kappa shape index (κ3) is 3.44. The van der Waals surface area contributed by atoms with E-state index in [9.17, 15) is 14.4 Å². The summed E-state index contributed by atoms with van der Waals surface area (Å²) in [5.74, 6) is -0.641. The van der Waals surface area contributed by atoms with E-state index in [1.165, 1.54) is 9.80 Å². The van der Waals surface area contributed by atoms with Crippen molar-refractivity contribution in [1.82, 2.24) is 9.80 Å². The standard InChI is InChI=1S/C20H21N3O3/c1-15-19(25)22(20(26)23(15)17-11-7-4-8-12-17)14-18(24)21(2)13-16-9-5-3-6-10-16/h3-12,15H,13-14H2,1-2H3/t15-/m1/s1. The van der Waals surface area contributed by atoms with Crippen LogP contribution < -0.4 is 4.90 Å². The third-order valence-electron chi connectivity index (χ3n) is 4.46. The van der Waals surface area contributed by atoms with E-state index < -0.39 is 12.1 Å². The summed E-state index contributed by atoms with van der Waals surface area (Å²) in [6.45, 7) is 1.84. The van der Waals surface area contributed by atoms with Crippen molar-refractivity contribution in [1.29, 1.82) is 0 Å². The number of hydrogen-bond acceptors (Lipinski definition) is 3. The molecule has 0 aliphatic carbocycles. The number of likely N-dealkylation sites (N-methyl/N-ethyl adjacent to an activating group) is 1. The number of hydrogen-bond donors (Lipinski definition) is 0. The molecule has 26 heavy (non-hydrogen) atoms. The van der Waals surface area contributed by atoms with Crippen molar-refractivity contribution in [3.63, 3.8) is 0 Å². The van der Waals surface area contributed by atoms with E-state index in [0.717, 1.165) is 10.5 Å². The summed E-state index contributed by atoms with van der Waals surface area (Å²) in [5, 5.41) is 0. The summed E-state index contributed by atoms with van der Waals surface area (Å²) in [5.41, 5.74) is 1.63. The topological polar surface area (TPSA) is 60.9 Å². The number of para-hydroxylation sites is 1. The zero-order valence-electron chi connectivity index (χ0n) is 14.8. The summed E-state index contributed by atoms with van der Waals surface area (Å²) in [6, 6.07) is 17.5. The number of nitrogens with zero attached hydrogens (tertiary/aromatic N) is 3. The van der Waals surface area contributed by atoms with Crippen LogP contribution in [0.15, 0.2) is 60.7 Å². The molecule has 1 atom stereocenters. The molecule has 0 spiro atoms. The Kier molecular flexibility index (Phi) is 5.02. The Hall–Kier alpha value is -3.15. The van der Waals surface area contributed by atoms with E-state index in [4.69, 9.17) is 0 Å². The fourth-order valence-electron chi connectivity index (χ4n) is 3.00. The second-order valence-electron chi connectivity index (χ2n) is 6.32. The number of carbonyl (C=O) groups is 3. The SMILES string of the molecule is C[C@@H]1C(=O)N(CC(=O)N(C)Cc2ccccc2)C(=O)N1c1ccccc1. The molecule has 2 aromatic rings. The molecule has 0 bridgehead atoms. The molecule has 3 rings (SSSR count). The van der Waals surface area contributed by atoms with Gasteiger partial charge in [-0.1, -0.05) is 48.5 Å². The van der Waals surface area contributed by atoms with Gasteiger partial charge in [-0.3, -0.25) is 19.4 Å². The maximum absolute atomic E-state index is 12.7. The van der Waals surface area contributed by atoms with Gasteiger partial charge in [0, 0.05) is 19.3 Å². The monoisotopic (exact) mass is 351 g/mol. The lowest BCUT2D eigenvalue weighted by Gasteiger charge is -2.21. The first-order valence-electron chi connectivity index (χ1n) is 8.46. The van der Waals surface area contributed by atoms with E-state index in [-0.39, 0.29) is 18.4 Å². The second-order valence-corrected chi connectivity index (χ2v) is 6.32. The van der Waals surface area contributed by atoms with Gasteiger partial charge in [-0.2, -0.15) is 0 Å². The van der Waals surface area contributed by atoms with E-state index in [2.05, 4.69) is 0 Å². The molecular weight excluding hydrogens is 330 g/mol. The average Bonchev–Trinajstić information content (AvgIpc) is 2.86. The molecule has 1 aliphatic rings. The minimum absolute atomic E-state index is 0.255. The molecule has 6 heteroatoms. The number of anilines is 1. The fourth-order valence-corrected chi connectivity index (χ4v) is 3.00. The van der Waals surface area contributed by atoms with Crippen molar-refractivity contribution in [2.24, 2.45) is 0 Å². The Morgan fingerprint density at radius 1 is 1.00 bits per heavy atom. The molecule has 1 heterocycles. The highest BCUT2D eigenvalue weighted by Crippen LogP contribution is 2.25. The molecule has 2 aromatic carbocycles. The zero-order chi connectivity index (χ0) is 18.7. The highest BCUT2D eigenvalue weighted by molar-refractivity contribution is 6.15. The van der Waals surface area contributed by atoms with Crippen LogP contribution in [0.4, 0.5) is 10.5 Å². The minimum atomic E-state index is -0.628. The third-order valence-corrected chi connectivity index (χ3v) is 4.46. The largest absolute Gasteiger partial charge is 0.340 e. The summed E-state index contributed by atoms with van der Waals surface area (Å²) in [6.07, 6.45) is 0. The Balaban J connectivity index is 1.70. The van der Waals surface area contributed by atoms with Gasteiger partial charge in [-0.05, 0) is 24.6 Å². The first-order chi connectivity index (χ1) is 12.5. The molecule has 134 valence electrons. The van der Waals surface area contributed by atoms with E-state index >= 15 is 0 Å². The molecular formula is C20H21N3O3. The van der Waals surface area contributed by atoms with Crippen LogP contribution in [0.1, 0.15) is 12.5 Å². The molecule has 0 saturated carbocycles. The number of benzene rings is 2. The second kappa shape index (κ2) is 7.39. The molecule has 1 saturated heterocycles. The maximum atomic E-state index is 12.7.